The van der Waals surface area contributed by atoms with Gasteiger partial charge in [0, 0.05) is 18.2 Å². The molecule has 1 aromatic carbocycles. The van der Waals surface area contributed by atoms with Crippen LogP contribution in [0.1, 0.15) is 42.6 Å². The van der Waals surface area contributed by atoms with Crippen LogP contribution >= 0.6 is 0 Å². The first-order valence-corrected chi connectivity index (χ1v) is 10.5. The van der Waals surface area contributed by atoms with Gasteiger partial charge in [0.2, 0.25) is 0 Å². The Morgan fingerprint density at radius 1 is 1.17 bits per heavy atom. The van der Waals surface area contributed by atoms with Crippen LogP contribution in [0.5, 0.6) is 11.5 Å². The van der Waals surface area contributed by atoms with Crippen LogP contribution in [0.3, 0.4) is 0 Å². The van der Waals surface area contributed by atoms with E-state index in [0.29, 0.717) is 34.8 Å². The number of H-pyrrole nitrogens is 1. The molecule has 0 aliphatic carbocycles. The number of hydrogen-bond donors (Lipinski definition) is 2. The number of carbonyl (C=O) groups is 1. The van der Waals surface area contributed by atoms with Crippen molar-refractivity contribution in [2.24, 2.45) is 5.92 Å². The van der Waals surface area contributed by atoms with Crippen LogP contribution in [0.25, 0.3) is 11.3 Å². The van der Waals surface area contributed by atoms with E-state index in [1.807, 2.05) is 18.2 Å². The lowest BCUT2D eigenvalue weighted by molar-refractivity contribution is 0.0575. The maximum atomic E-state index is 12.7. The predicted molar refractivity (Wildman–Crippen MR) is 111 cm³/mol. The van der Waals surface area contributed by atoms with Gasteiger partial charge >= 0.3 is 0 Å². The van der Waals surface area contributed by atoms with Crippen LogP contribution in [0, 0.1) is 5.92 Å². The number of nitrogens with zero attached hydrogens (tertiary/aromatic N) is 2. The molecule has 7 nitrogen and oxygen atoms in total. The van der Waals surface area contributed by atoms with Gasteiger partial charge in [-0.15, -0.1) is 0 Å². The Hall–Kier alpha value is -2.54. The average Bonchev–Trinajstić information content (AvgIpc) is 3.27. The number of hydrogen-bond acceptors (Lipinski definition) is 5. The quantitative estimate of drug-likeness (QED) is 0.782. The monoisotopic (exact) mass is 398 g/mol. The van der Waals surface area contributed by atoms with Gasteiger partial charge in [0.1, 0.15) is 17.2 Å². The average molecular weight is 399 g/mol. The van der Waals surface area contributed by atoms with Gasteiger partial charge in [-0.1, -0.05) is 6.42 Å². The number of piperidine rings is 2. The normalized spacial score (nSPS) is 22.0. The summed E-state index contributed by atoms with van der Waals surface area (Å²) in [5.74, 6) is 1.82. The molecule has 3 heterocycles. The van der Waals surface area contributed by atoms with Gasteiger partial charge in [-0.2, -0.15) is 5.10 Å². The van der Waals surface area contributed by atoms with E-state index in [1.54, 1.807) is 20.3 Å². The summed E-state index contributed by atoms with van der Waals surface area (Å²) in [7, 11) is 3.23. The molecular formula is C22H30N4O3. The van der Waals surface area contributed by atoms with Crippen molar-refractivity contribution < 1.29 is 14.3 Å². The van der Waals surface area contributed by atoms with E-state index in [9.17, 15) is 4.79 Å². The number of rotatable bonds is 6. The van der Waals surface area contributed by atoms with E-state index in [-0.39, 0.29) is 5.91 Å². The Kier molecular flexibility index (Phi) is 6.04. The molecule has 4 rings (SSSR count). The summed E-state index contributed by atoms with van der Waals surface area (Å²) in [6, 6.07) is 7.91. The molecular weight excluding hydrogens is 368 g/mol. The lowest BCUT2D eigenvalue weighted by atomic mass is 9.83. The largest absolute Gasteiger partial charge is 0.497 e. The molecule has 156 valence electrons. The van der Waals surface area contributed by atoms with Crippen molar-refractivity contribution in [1.29, 1.82) is 0 Å². The fourth-order valence-electron chi connectivity index (χ4n) is 4.72. The number of aromatic nitrogens is 2. The van der Waals surface area contributed by atoms with Gasteiger partial charge in [0.25, 0.3) is 5.91 Å². The number of amides is 1. The second-order valence-corrected chi connectivity index (χ2v) is 7.94. The highest BCUT2D eigenvalue weighted by atomic mass is 16.5. The van der Waals surface area contributed by atoms with Crippen LogP contribution < -0.4 is 14.8 Å². The van der Waals surface area contributed by atoms with Crippen molar-refractivity contribution in [3.05, 3.63) is 30.0 Å². The summed E-state index contributed by atoms with van der Waals surface area (Å²) in [5, 5.41) is 10.3. The number of nitrogens with one attached hydrogen (secondary N) is 2. The number of ether oxygens (including phenoxy) is 2. The molecule has 1 aromatic heterocycles. The summed E-state index contributed by atoms with van der Waals surface area (Å²) in [6.45, 7) is 3.14. The molecule has 0 radical (unpaired) electrons. The second-order valence-electron chi connectivity index (χ2n) is 7.94. The van der Waals surface area contributed by atoms with Crippen molar-refractivity contribution in [2.75, 3.05) is 33.9 Å². The highest BCUT2D eigenvalue weighted by Crippen LogP contribution is 2.33. The lowest BCUT2D eigenvalue weighted by Crippen LogP contribution is -2.51. The summed E-state index contributed by atoms with van der Waals surface area (Å²) in [5.41, 5.74) is 1.90. The Morgan fingerprint density at radius 2 is 2.03 bits per heavy atom. The minimum atomic E-state index is -0.112. The van der Waals surface area contributed by atoms with E-state index >= 15 is 0 Å². The van der Waals surface area contributed by atoms with Crippen molar-refractivity contribution in [3.8, 4) is 22.8 Å². The minimum absolute atomic E-state index is 0.112. The number of aromatic amines is 1. The first-order valence-electron chi connectivity index (χ1n) is 10.5. The number of benzene rings is 1. The summed E-state index contributed by atoms with van der Waals surface area (Å²) in [6.07, 6.45) is 6.28. The Bertz CT molecular complexity index is 848. The van der Waals surface area contributed by atoms with Crippen molar-refractivity contribution in [2.45, 2.75) is 38.1 Å². The summed E-state index contributed by atoms with van der Waals surface area (Å²) < 4.78 is 10.7. The first-order chi connectivity index (χ1) is 14.2. The van der Waals surface area contributed by atoms with Crippen molar-refractivity contribution in [1.82, 2.24) is 20.4 Å². The molecule has 2 N–H and O–H groups in total. The third kappa shape index (κ3) is 4.24. The fraction of sp³-hybridized carbons (Fsp3) is 0.545. The maximum absolute atomic E-state index is 12.7. The molecule has 2 fully saturated rings. The Morgan fingerprint density at radius 3 is 2.86 bits per heavy atom. The van der Waals surface area contributed by atoms with Gasteiger partial charge in [0.15, 0.2) is 0 Å². The maximum Gasteiger partial charge on any atom is 0.269 e. The number of carbonyl (C=O) groups excluding carboxylic acids is 1. The molecule has 0 unspecified atom stereocenters. The van der Waals surface area contributed by atoms with Crippen LogP contribution in [0.2, 0.25) is 0 Å². The van der Waals surface area contributed by atoms with Crippen LogP contribution in [-0.4, -0.2) is 60.9 Å². The zero-order valence-corrected chi connectivity index (χ0v) is 17.2. The van der Waals surface area contributed by atoms with Gasteiger partial charge in [-0.3, -0.25) is 9.89 Å². The third-order valence-corrected chi connectivity index (χ3v) is 6.26. The number of methoxy groups -OCH3 is 2. The Balaban J connectivity index is 1.42. The summed E-state index contributed by atoms with van der Waals surface area (Å²) >= 11 is 0. The molecule has 2 atom stereocenters. The third-order valence-electron chi connectivity index (χ3n) is 6.26. The standard InChI is InChI=1S/C22H30N4O3/c1-28-16-8-9-21(29-2)17(12-16)18-13-19(25-24-18)22(27)23-14-15-6-5-11-26-10-4-3-7-20(15)26/h8-9,12-13,15,20H,3-7,10-11,14H2,1-2H3,(H,23,27)(H,24,25)/t15-,20+/m1/s1. The molecule has 2 aliphatic rings. The molecule has 29 heavy (non-hydrogen) atoms. The fourth-order valence-corrected chi connectivity index (χ4v) is 4.72. The molecule has 2 aliphatic heterocycles. The van der Waals surface area contributed by atoms with E-state index in [2.05, 4.69) is 20.4 Å². The SMILES string of the molecule is COc1ccc(OC)c(-c2cc(C(=O)NC[C@H]3CCCN4CCCC[C@@H]34)[nH]n2)c1. The van der Waals surface area contributed by atoms with Crippen LogP contribution in [0.15, 0.2) is 24.3 Å². The van der Waals surface area contributed by atoms with E-state index in [0.717, 1.165) is 12.1 Å². The first kappa shape index (κ1) is 19.8. The molecule has 0 bridgehead atoms. The van der Waals surface area contributed by atoms with Gasteiger partial charge in [0.05, 0.1) is 19.9 Å². The highest BCUT2D eigenvalue weighted by molar-refractivity contribution is 5.93. The van der Waals surface area contributed by atoms with E-state index in [4.69, 9.17) is 9.47 Å². The van der Waals surface area contributed by atoms with Crippen LogP contribution in [-0.2, 0) is 0 Å². The molecule has 2 saturated heterocycles. The molecule has 1 amide bonds. The van der Waals surface area contributed by atoms with Gasteiger partial charge in [-0.05, 0) is 69.0 Å². The zero-order chi connectivity index (χ0) is 20.2. The Labute approximate surface area is 171 Å². The second kappa shape index (κ2) is 8.86. The minimum Gasteiger partial charge on any atom is -0.497 e. The smallest absolute Gasteiger partial charge is 0.269 e. The van der Waals surface area contributed by atoms with E-state index in [1.165, 1.54) is 45.2 Å². The van der Waals surface area contributed by atoms with Gasteiger partial charge < -0.3 is 19.7 Å². The highest BCUT2D eigenvalue weighted by Gasteiger charge is 2.33. The predicted octanol–water partition coefficient (Wildman–Crippen LogP) is 3.09. The molecule has 2 aromatic rings. The summed E-state index contributed by atoms with van der Waals surface area (Å²) in [4.78, 5) is 15.3. The topological polar surface area (TPSA) is 79.5 Å². The van der Waals surface area contributed by atoms with Crippen molar-refractivity contribution in [3.63, 3.8) is 0 Å². The molecule has 7 heteroatoms. The van der Waals surface area contributed by atoms with Crippen molar-refractivity contribution >= 4 is 5.91 Å². The van der Waals surface area contributed by atoms with Gasteiger partial charge in [-0.25, -0.2) is 0 Å². The van der Waals surface area contributed by atoms with E-state index < -0.39 is 0 Å². The van der Waals surface area contributed by atoms with Crippen LogP contribution in [0.4, 0.5) is 0 Å². The number of fused-ring (bicyclic) bond motifs is 1. The molecule has 0 spiro atoms. The zero-order valence-electron chi connectivity index (χ0n) is 17.2. The molecule has 0 saturated carbocycles. The lowest BCUT2D eigenvalue weighted by Gasteiger charge is -2.44.